The summed E-state index contributed by atoms with van der Waals surface area (Å²) in [5.74, 6) is 0. The Labute approximate surface area is 62.2 Å². The lowest BCUT2D eigenvalue weighted by molar-refractivity contribution is 1.43. The van der Waals surface area contributed by atoms with Gasteiger partial charge >= 0.3 is 0 Å². The highest BCUT2D eigenvalue weighted by Gasteiger charge is 1.88. The normalized spacial score (nSPS) is 10.6. The van der Waals surface area contributed by atoms with Gasteiger partial charge in [-0.25, -0.2) is 0 Å². The summed E-state index contributed by atoms with van der Waals surface area (Å²) in [6.07, 6.45) is 4.13. The maximum Gasteiger partial charge on any atom is -0.0146 e. The van der Waals surface area contributed by atoms with Crippen molar-refractivity contribution in [1.82, 2.24) is 0 Å². The molecule has 0 N–H and O–H groups in total. The van der Waals surface area contributed by atoms with Crippen molar-refractivity contribution in [2.75, 3.05) is 0 Å². The van der Waals surface area contributed by atoms with Crippen molar-refractivity contribution >= 4 is 6.08 Å². The standard InChI is InChI=1S/C10H11/c1-3-6-10-8-5-4-7-9(10)2/h3-6,8H,1-2H3. The zero-order chi connectivity index (χ0) is 7.40. The molecule has 0 aliphatic carbocycles. The second-order valence-electron chi connectivity index (χ2n) is 2.25. The third-order valence-electron chi connectivity index (χ3n) is 1.45. The topological polar surface area (TPSA) is 0 Å². The first-order chi connectivity index (χ1) is 4.84. The average Bonchev–Trinajstić information content (AvgIpc) is 1.94. The molecule has 1 radical (unpaired) electrons. The average molecular weight is 131 g/mol. The molecule has 10 heavy (non-hydrogen) atoms. The molecule has 0 heteroatoms. The van der Waals surface area contributed by atoms with Crippen LogP contribution in [0.4, 0.5) is 0 Å². The van der Waals surface area contributed by atoms with Gasteiger partial charge in [0.2, 0.25) is 0 Å². The Bertz CT molecular complexity index is 234. The van der Waals surface area contributed by atoms with Crippen LogP contribution in [0.2, 0.25) is 0 Å². The van der Waals surface area contributed by atoms with E-state index in [1.165, 1.54) is 11.1 Å². The molecule has 0 spiro atoms. The van der Waals surface area contributed by atoms with E-state index in [0.29, 0.717) is 0 Å². The van der Waals surface area contributed by atoms with E-state index in [4.69, 9.17) is 0 Å². The van der Waals surface area contributed by atoms with E-state index < -0.39 is 0 Å². The van der Waals surface area contributed by atoms with Crippen molar-refractivity contribution in [2.45, 2.75) is 13.8 Å². The van der Waals surface area contributed by atoms with Crippen LogP contribution < -0.4 is 0 Å². The smallest absolute Gasteiger partial charge is 0.0146 e. The van der Waals surface area contributed by atoms with E-state index in [9.17, 15) is 0 Å². The molecule has 51 valence electrons. The van der Waals surface area contributed by atoms with Crippen LogP contribution in [-0.2, 0) is 0 Å². The van der Waals surface area contributed by atoms with Crippen molar-refractivity contribution in [3.63, 3.8) is 0 Å². The Morgan fingerprint density at radius 1 is 1.50 bits per heavy atom. The molecular weight excluding hydrogens is 120 g/mol. The van der Waals surface area contributed by atoms with E-state index in [1.54, 1.807) is 0 Å². The van der Waals surface area contributed by atoms with Crippen LogP contribution in [0.25, 0.3) is 6.08 Å². The third-order valence-corrected chi connectivity index (χ3v) is 1.45. The van der Waals surface area contributed by atoms with Crippen LogP contribution >= 0.6 is 0 Å². The lowest BCUT2D eigenvalue weighted by Crippen LogP contribution is -1.77. The highest BCUT2D eigenvalue weighted by atomic mass is 13.9. The molecule has 0 nitrogen and oxygen atoms in total. The van der Waals surface area contributed by atoms with E-state index >= 15 is 0 Å². The molecule has 0 bridgehead atoms. The van der Waals surface area contributed by atoms with E-state index in [-0.39, 0.29) is 0 Å². The lowest BCUT2D eigenvalue weighted by Gasteiger charge is -1.95. The largest absolute Gasteiger partial charge is 0.0871 e. The molecule has 1 aromatic rings. The van der Waals surface area contributed by atoms with Crippen LogP contribution in [0, 0.1) is 13.0 Å². The van der Waals surface area contributed by atoms with Gasteiger partial charge in [-0.1, -0.05) is 30.4 Å². The van der Waals surface area contributed by atoms with Gasteiger partial charge in [-0.3, -0.25) is 0 Å². The summed E-state index contributed by atoms with van der Waals surface area (Å²) in [6.45, 7) is 4.09. The molecule has 1 aromatic carbocycles. The fourth-order valence-corrected chi connectivity index (χ4v) is 0.893. The molecular formula is C10H11. The summed E-state index contributed by atoms with van der Waals surface area (Å²) in [4.78, 5) is 0. The van der Waals surface area contributed by atoms with Crippen LogP contribution in [0.15, 0.2) is 24.3 Å². The van der Waals surface area contributed by atoms with Gasteiger partial charge < -0.3 is 0 Å². The van der Waals surface area contributed by atoms with Gasteiger partial charge in [0.25, 0.3) is 0 Å². The van der Waals surface area contributed by atoms with Crippen LogP contribution in [0.5, 0.6) is 0 Å². The van der Waals surface area contributed by atoms with Crippen molar-refractivity contribution in [3.8, 4) is 0 Å². The molecule has 0 aliphatic rings. The Kier molecular flexibility index (Phi) is 2.27. The van der Waals surface area contributed by atoms with Gasteiger partial charge in [0.15, 0.2) is 0 Å². The molecule has 1 rings (SSSR count). The molecule has 0 saturated heterocycles. The van der Waals surface area contributed by atoms with Crippen molar-refractivity contribution < 1.29 is 0 Å². The van der Waals surface area contributed by atoms with Gasteiger partial charge in [0.05, 0.1) is 0 Å². The van der Waals surface area contributed by atoms with E-state index in [0.717, 1.165) is 0 Å². The Morgan fingerprint density at radius 3 is 2.90 bits per heavy atom. The van der Waals surface area contributed by atoms with E-state index in [1.807, 2.05) is 25.1 Å². The van der Waals surface area contributed by atoms with Crippen molar-refractivity contribution in [3.05, 3.63) is 41.5 Å². The minimum absolute atomic E-state index is 1.21. The Morgan fingerprint density at radius 2 is 2.30 bits per heavy atom. The van der Waals surface area contributed by atoms with Gasteiger partial charge in [-0.15, -0.1) is 0 Å². The second-order valence-corrected chi connectivity index (χ2v) is 2.25. The van der Waals surface area contributed by atoms with Crippen molar-refractivity contribution in [2.24, 2.45) is 0 Å². The highest BCUT2D eigenvalue weighted by Crippen LogP contribution is 2.07. The van der Waals surface area contributed by atoms with Gasteiger partial charge in [-0.2, -0.15) is 0 Å². The molecule has 0 saturated carbocycles. The maximum atomic E-state index is 3.13. The first kappa shape index (κ1) is 7.07. The minimum atomic E-state index is 1.21. The summed E-state index contributed by atoms with van der Waals surface area (Å²) >= 11 is 0. The summed E-state index contributed by atoms with van der Waals surface area (Å²) in [7, 11) is 0. The first-order valence-electron chi connectivity index (χ1n) is 3.44. The summed E-state index contributed by atoms with van der Waals surface area (Å²) < 4.78 is 0. The predicted molar refractivity (Wildman–Crippen MR) is 44.7 cm³/mol. The number of allylic oxidation sites excluding steroid dienone is 1. The first-order valence-corrected chi connectivity index (χ1v) is 3.44. The second kappa shape index (κ2) is 3.21. The van der Waals surface area contributed by atoms with Crippen molar-refractivity contribution in [1.29, 1.82) is 0 Å². The minimum Gasteiger partial charge on any atom is -0.0871 e. The summed E-state index contributed by atoms with van der Waals surface area (Å²) in [6, 6.07) is 9.16. The van der Waals surface area contributed by atoms with Crippen LogP contribution in [0.1, 0.15) is 18.1 Å². The predicted octanol–water partition coefficient (Wildman–Crippen LogP) is 2.83. The van der Waals surface area contributed by atoms with Gasteiger partial charge in [0.1, 0.15) is 0 Å². The molecule has 0 unspecified atom stereocenters. The monoisotopic (exact) mass is 131 g/mol. The molecule has 0 fully saturated rings. The fourth-order valence-electron chi connectivity index (χ4n) is 0.893. The molecule has 0 aliphatic heterocycles. The molecule has 0 heterocycles. The molecule has 0 amide bonds. The highest BCUT2D eigenvalue weighted by molar-refractivity contribution is 5.52. The number of rotatable bonds is 1. The molecule has 0 atom stereocenters. The lowest BCUT2D eigenvalue weighted by atomic mass is 10.1. The zero-order valence-corrected chi connectivity index (χ0v) is 6.39. The number of aryl methyl sites for hydroxylation is 1. The van der Waals surface area contributed by atoms with Crippen LogP contribution in [0.3, 0.4) is 0 Å². The Hall–Kier alpha value is -1.04. The summed E-state index contributed by atoms with van der Waals surface area (Å²) in [5.41, 5.74) is 2.46. The van der Waals surface area contributed by atoms with E-state index in [2.05, 4.69) is 25.1 Å². The zero-order valence-electron chi connectivity index (χ0n) is 6.39. The van der Waals surface area contributed by atoms with Crippen LogP contribution in [-0.4, -0.2) is 0 Å². The number of benzene rings is 1. The maximum absolute atomic E-state index is 3.13. The number of hydrogen-bond acceptors (Lipinski definition) is 0. The quantitative estimate of drug-likeness (QED) is 0.549. The Balaban J connectivity index is 3.03. The summed E-state index contributed by atoms with van der Waals surface area (Å²) in [5, 5.41) is 0. The SMILES string of the molecule is CC=Cc1ccc[c]c1C. The fraction of sp³-hybridized carbons (Fsp3) is 0.200. The van der Waals surface area contributed by atoms with Gasteiger partial charge in [-0.05, 0) is 31.0 Å². The van der Waals surface area contributed by atoms with Gasteiger partial charge in [0, 0.05) is 0 Å². The third kappa shape index (κ3) is 1.47. The molecule has 0 aromatic heterocycles. The number of hydrogen-bond donors (Lipinski definition) is 0.